The summed E-state index contributed by atoms with van der Waals surface area (Å²) in [5, 5.41) is 15.4. The zero-order valence-corrected chi connectivity index (χ0v) is 12.4. The van der Waals surface area contributed by atoms with E-state index < -0.39 is 0 Å². The highest BCUT2D eigenvalue weighted by Crippen LogP contribution is 2.22. The summed E-state index contributed by atoms with van der Waals surface area (Å²) in [7, 11) is 0. The van der Waals surface area contributed by atoms with Crippen molar-refractivity contribution in [1.82, 2.24) is 15.3 Å². The van der Waals surface area contributed by atoms with E-state index in [0.29, 0.717) is 5.82 Å². The van der Waals surface area contributed by atoms with Crippen molar-refractivity contribution in [3.63, 3.8) is 0 Å². The summed E-state index contributed by atoms with van der Waals surface area (Å²) in [5.74, 6) is 0.661. The fourth-order valence-electron chi connectivity index (χ4n) is 1.53. The van der Waals surface area contributed by atoms with E-state index >= 15 is 0 Å². The lowest BCUT2D eigenvalue weighted by atomic mass is 10.3. The van der Waals surface area contributed by atoms with Crippen molar-refractivity contribution < 1.29 is 4.52 Å². The summed E-state index contributed by atoms with van der Waals surface area (Å²) < 4.78 is 2.74. The number of aromatic amines is 1. The van der Waals surface area contributed by atoms with E-state index in [1.165, 1.54) is 0 Å². The number of halogens is 1. The van der Waals surface area contributed by atoms with Gasteiger partial charge in [0.1, 0.15) is 0 Å². The van der Waals surface area contributed by atoms with E-state index in [9.17, 15) is 0 Å². The van der Waals surface area contributed by atoms with Gasteiger partial charge in [0.05, 0.1) is 14.4 Å². The van der Waals surface area contributed by atoms with Crippen LogP contribution in [-0.2, 0) is 0 Å². The lowest BCUT2D eigenvalue weighted by molar-refractivity contribution is -0.579. The summed E-state index contributed by atoms with van der Waals surface area (Å²) in [4.78, 5) is 1.11. The van der Waals surface area contributed by atoms with Gasteiger partial charge in [-0.3, -0.25) is 5.43 Å². The monoisotopic (exact) mass is 337 g/mol. The Labute approximate surface area is 121 Å². The fourth-order valence-corrected chi connectivity index (χ4v) is 2.86. The Balaban J connectivity index is 1.80. The fraction of sp³-hybridized carbons (Fsp3) is 0.0909. The second kappa shape index (κ2) is 5.06. The summed E-state index contributed by atoms with van der Waals surface area (Å²) in [5.41, 5.74) is 4.61. The van der Waals surface area contributed by atoms with Crippen LogP contribution < -0.4 is 9.94 Å². The average Bonchev–Trinajstić information content (AvgIpc) is 3.03. The zero-order chi connectivity index (χ0) is 13.2. The number of thiophene rings is 1. The van der Waals surface area contributed by atoms with Crippen molar-refractivity contribution in [1.29, 1.82) is 0 Å². The number of H-pyrrole nitrogens is 1. The first kappa shape index (κ1) is 12.2. The van der Waals surface area contributed by atoms with Crippen molar-refractivity contribution in [3.8, 4) is 0 Å². The van der Waals surface area contributed by atoms with E-state index in [1.54, 1.807) is 22.2 Å². The quantitative estimate of drug-likeness (QED) is 0.437. The Morgan fingerprint density at radius 3 is 3.11 bits per heavy atom. The Bertz CT molecular complexity index is 746. The molecule has 6 nitrogen and oxygen atoms in total. The molecule has 96 valence electrons. The van der Waals surface area contributed by atoms with Gasteiger partial charge >= 0.3 is 5.65 Å². The molecule has 0 atom stereocenters. The standard InChI is InChI=1S/C11H9BrN6S/c1-7(8-2-3-9(12)19-8)14-15-10-4-5-11-16-13-6-18(11)17-10/h2-6H,1H3,(H,15,17)/p+1. The van der Waals surface area contributed by atoms with Crippen molar-refractivity contribution in [3.05, 3.63) is 39.3 Å². The van der Waals surface area contributed by atoms with Crippen LogP contribution in [0.4, 0.5) is 5.82 Å². The number of anilines is 1. The number of nitrogens with one attached hydrogen (secondary N) is 2. The molecule has 3 aromatic rings. The first-order valence-corrected chi connectivity index (χ1v) is 7.12. The highest BCUT2D eigenvalue weighted by Gasteiger charge is 2.05. The molecule has 0 saturated heterocycles. The number of aromatic nitrogens is 4. The van der Waals surface area contributed by atoms with Crippen molar-refractivity contribution in [2.45, 2.75) is 6.92 Å². The molecule has 0 fully saturated rings. The Hall–Kier alpha value is -1.80. The SMILES string of the molecule is CC(=NNc1ccc2n[nH]c[n+]2n1)c1ccc(Br)s1. The lowest BCUT2D eigenvalue weighted by Crippen LogP contribution is -2.24. The molecule has 0 aliphatic heterocycles. The normalized spacial score (nSPS) is 12.0. The molecule has 8 heteroatoms. The molecule has 3 rings (SSSR count). The minimum atomic E-state index is 0.661. The van der Waals surface area contributed by atoms with Crippen LogP contribution in [-0.4, -0.2) is 21.0 Å². The van der Waals surface area contributed by atoms with Gasteiger partial charge in [-0.15, -0.1) is 21.0 Å². The van der Waals surface area contributed by atoms with Crippen molar-refractivity contribution >= 4 is 44.4 Å². The molecular formula is C11H10BrN6S+. The van der Waals surface area contributed by atoms with E-state index in [2.05, 4.69) is 41.8 Å². The molecule has 3 heterocycles. The molecule has 0 radical (unpaired) electrons. The van der Waals surface area contributed by atoms with Crippen LogP contribution in [0.3, 0.4) is 0 Å². The summed E-state index contributed by atoms with van der Waals surface area (Å²) >= 11 is 5.08. The number of hydrogen-bond donors (Lipinski definition) is 2. The topological polar surface area (TPSA) is 70.1 Å². The number of hydrogen-bond acceptors (Lipinski definition) is 5. The van der Waals surface area contributed by atoms with E-state index in [4.69, 9.17) is 0 Å². The smallest absolute Gasteiger partial charge is 0.259 e. The third kappa shape index (κ3) is 2.64. The van der Waals surface area contributed by atoms with Gasteiger partial charge < -0.3 is 0 Å². The molecule has 0 saturated carbocycles. The van der Waals surface area contributed by atoms with Gasteiger partial charge in [0, 0.05) is 11.2 Å². The summed E-state index contributed by atoms with van der Waals surface area (Å²) in [6.07, 6.45) is 1.67. The summed E-state index contributed by atoms with van der Waals surface area (Å²) in [6, 6.07) is 7.72. The minimum Gasteiger partial charge on any atom is -0.259 e. The Kier molecular flexibility index (Phi) is 3.26. The van der Waals surface area contributed by atoms with Crippen LogP contribution in [0, 0.1) is 0 Å². The largest absolute Gasteiger partial charge is 0.325 e. The molecule has 0 aliphatic rings. The average molecular weight is 338 g/mol. The van der Waals surface area contributed by atoms with E-state index in [1.807, 2.05) is 31.2 Å². The Morgan fingerprint density at radius 1 is 1.42 bits per heavy atom. The highest BCUT2D eigenvalue weighted by atomic mass is 79.9. The molecule has 0 amide bonds. The van der Waals surface area contributed by atoms with Crippen LogP contribution in [0.2, 0.25) is 0 Å². The molecule has 0 bridgehead atoms. The molecule has 2 N–H and O–H groups in total. The van der Waals surface area contributed by atoms with Crippen LogP contribution in [0.15, 0.2) is 39.5 Å². The van der Waals surface area contributed by atoms with Crippen LogP contribution >= 0.6 is 27.3 Å². The van der Waals surface area contributed by atoms with Crippen LogP contribution in [0.1, 0.15) is 11.8 Å². The predicted octanol–water partition coefficient (Wildman–Crippen LogP) is 2.20. The Morgan fingerprint density at radius 2 is 2.32 bits per heavy atom. The predicted molar refractivity (Wildman–Crippen MR) is 77.4 cm³/mol. The van der Waals surface area contributed by atoms with Gasteiger partial charge in [0.15, 0.2) is 5.82 Å². The zero-order valence-electron chi connectivity index (χ0n) is 9.96. The van der Waals surface area contributed by atoms with Crippen molar-refractivity contribution in [2.75, 3.05) is 5.43 Å². The van der Waals surface area contributed by atoms with Gasteiger partial charge in [-0.05, 0) is 41.1 Å². The molecular weight excluding hydrogens is 328 g/mol. The molecule has 0 aliphatic carbocycles. The third-order valence-electron chi connectivity index (χ3n) is 2.47. The second-order valence-electron chi connectivity index (χ2n) is 3.80. The van der Waals surface area contributed by atoms with Crippen molar-refractivity contribution in [2.24, 2.45) is 5.10 Å². The van der Waals surface area contributed by atoms with E-state index in [-0.39, 0.29) is 0 Å². The maximum atomic E-state index is 4.32. The highest BCUT2D eigenvalue weighted by molar-refractivity contribution is 9.11. The first-order chi connectivity index (χ1) is 9.22. The maximum Gasteiger partial charge on any atom is 0.325 e. The lowest BCUT2D eigenvalue weighted by Gasteiger charge is -1.99. The number of fused-ring (bicyclic) bond motifs is 1. The van der Waals surface area contributed by atoms with Gasteiger partial charge in [0.2, 0.25) is 6.33 Å². The number of rotatable bonds is 3. The molecule has 3 aromatic heterocycles. The second-order valence-corrected chi connectivity index (χ2v) is 6.27. The van der Waals surface area contributed by atoms with Gasteiger partial charge in [-0.1, -0.05) is 5.10 Å². The first-order valence-electron chi connectivity index (χ1n) is 5.51. The number of hydrazone groups is 1. The van der Waals surface area contributed by atoms with Crippen LogP contribution in [0.25, 0.3) is 5.65 Å². The molecule has 0 spiro atoms. The summed E-state index contributed by atoms with van der Waals surface area (Å²) in [6.45, 7) is 1.95. The molecule has 0 unspecified atom stereocenters. The maximum absolute atomic E-state index is 4.32. The minimum absolute atomic E-state index is 0.661. The van der Waals surface area contributed by atoms with Gasteiger partial charge in [0.25, 0.3) is 0 Å². The third-order valence-corrected chi connectivity index (χ3v) is 4.20. The molecule has 19 heavy (non-hydrogen) atoms. The van der Waals surface area contributed by atoms with E-state index in [0.717, 1.165) is 20.0 Å². The van der Waals surface area contributed by atoms with Crippen LogP contribution in [0.5, 0.6) is 0 Å². The van der Waals surface area contributed by atoms with Gasteiger partial charge in [-0.2, -0.15) is 5.10 Å². The van der Waals surface area contributed by atoms with Gasteiger partial charge in [-0.25, -0.2) is 0 Å². The molecule has 0 aromatic carbocycles. The number of nitrogens with zero attached hydrogens (tertiary/aromatic N) is 4.